The molecule has 0 aliphatic heterocycles. The summed E-state index contributed by atoms with van der Waals surface area (Å²) < 4.78 is 15.2. The number of hydrogen-bond acceptors (Lipinski definition) is 5. The third kappa shape index (κ3) is 4.47. The number of carbonyl (C=O) groups excluding carboxylic acids is 1. The van der Waals surface area contributed by atoms with Crippen LogP contribution in [0.3, 0.4) is 0 Å². The van der Waals surface area contributed by atoms with Crippen molar-refractivity contribution in [3.63, 3.8) is 0 Å². The van der Waals surface area contributed by atoms with Crippen LogP contribution in [-0.2, 0) is 0 Å². The van der Waals surface area contributed by atoms with E-state index in [-0.39, 0.29) is 5.75 Å². The lowest BCUT2D eigenvalue weighted by atomic mass is 10.1. The van der Waals surface area contributed by atoms with Crippen molar-refractivity contribution in [3.05, 3.63) is 53.6 Å². The van der Waals surface area contributed by atoms with Gasteiger partial charge in [0.2, 0.25) is 0 Å². The molecule has 1 N–H and O–H groups in total. The predicted molar refractivity (Wildman–Crippen MR) is 82.4 cm³/mol. The molecule has 0 amide bonds. The van der Waals surface area contributed by atoms with Crippen LogP contribution in [0.4, 0.5) is 4.79 Å². The molecule has 0 fully saturated rings. The highest BCUT2D eigenvalue weighted by Crippen LogP contribution is 2.22. The van der Waals surface area contributed by atoms with Crippen LogP contribution >= 0.6 is 0 Å². The van der Waals surface area contributed by atoms with Crippen molar-refractivity contribution in [3.8, 4) is 17.2 Å². The predicted octanol–water partition coefficient (Wildman–Crippen LogP) is 3.67. The van der Waals surface area contributed by atoms with Crippen molar-refractivity contribution in [2.75, 3.05) is 6.61 Å². The van der Waals surface area contributed by atoms with Gasteiger partial charge in [-0.3, -0.25) is 0 Å². The van der Waals surface area contributed by atoms with Gasteiger partial charge in [-0.05, 0) is 61.9 Å². The van der Waals surface area contributed by atoms with E-state index in [4.69, 9.17) is 14.6 Å². The Hall–Kier alpha value is -3.02. The highest BCUT2D eigenvalue weighted by atomic mass is 16.7. The monoisotopic (exact) mass is 316 g/mol. The smallest absolute Gasteiger partial charge is 0.494 e. The summed E-state index contributed by atoms with van der Waals surface area (Å²) in [7, 11) is 0. The fourth-order valence-corrected chi connectivity index (χ4v) is 1.92. The van der Waals surface area contributed by atoms with E-state index in [1.165, 1.54) is 18.2 Å². The van der Waals surface area contributed by atoms with E-state index in [0.717, 1.165) is 0 Å². The number of benzene rings is 2. The van der Waals surface area contributed by atoms with E-state index >= 15 is 0 Å². The molecule has 120 valence electrons. The second kappa shape index (κ2) is 7.31. The topological polar surface area (TPSA) is 82.1 Å². The lowest BCUT2D eigenvalue weighted by Gasteiger charge is -2.08. The third-order valence-electron chi connectivity index (χ3n) is 2.95. The zero-order valence-corrected chi connectivity index (χ0v) is 12.7. The first-order valence-electron chi connectivity index (χ1n) is 6.96. The average molecular weight is 316 g/mol. The van der Waals surface area contributed by atoms with Crippen LogP contribution in [0.15, 0.2) is 42.5 Å². The van der Waals surface area contributed by atoms with Gasteiger partial charge in [0.15, 0.2) is 0 Å². The minimum absolute atomic E-state index is 0.176. The molecule has 0 saturated heterocycles. The number of aryl methyl sites for hydroxylation is 1. The maximum absolute atomic E-state index is 12.1. The van der Waals surface area contributed by atoms with E-state index < -0.39 is 12.1 Å². The van der Waals surface area contributed by atoms with Gasteiger partial charge in [-0.1, -0.05) is 0 Å². The Morgan fingerprint density at radius 3 is 2.22 bits per heavy atom. The summed E-state index contributed by atoms with van der Waals surface area (Å²) in [5, 5.41) is 8.60. The Balaban J connectivity index is 2.08. The van der Waals surface area contributed by atoms with Gasteiger partial charge in [0.1, 0.15) is 17.2 Å². The van der Waals surface area contributed by atoms with Crippen LogP contribution in [0.25, 0.3) is 0 Å². The van der Waals surface area contributed by atoms with E-state index in [2.05, 4.69) is 4.74 Å². The minimum Gasteiger partial charge on any atom is -0.494 e. The molecule has 2 aromatic carbocycles. The lowest BCUT2D eigenvalue weighted by Crippen LogP contribution is -2.10. The summed E-state index contributed by atoms with van der Waals surface area (Å²) in [6, 6.07) is 11.1. The number of rotatable bonds is 5. The van der Waals surface area contributed by atoms with Crippen LogP contribution in [0.2, 0.25) is 0 Å². The van der Waals surface area contributed by atoms with Crippen LogP contribution in [0.5, 0.6) is 17.2 Å². The zero-order chi connectivity index (χ0) is 16.8. The van der Waals surface area contributed by atoms with Gasteiger partial charge in [-0.15, -0.1) is 0 Å². The Morgan fingerprint density at radius 1 is 1.00 bits per heavy atom. The summed E-state index contributed by atoms with van der Waals surface area (Å²) in [4.78, 5) is 22.6. The Bertz CT molecular complexity index is 706. The molecular weight excluding hydrogens is 300 g/mol. The Kier molecular flexibility index (Phi) is 5.19. The molecule has 6 nitrogen and oxygen atoms in total. The molecule has 0 atom stereocenters. The molecular formula is C17H16O6. The molecule has 0 aromatic heterocycles. The number of carboxylic acid groups (broad SMARTS) is 1. The van der Waals surface area contributed by atoms with Crippen LogP contribution in [-0.4, -0.2) is 23.8 Å². The summed E-state index contributed by atoms with van der Waals surface area (Å²) in [6.45, 7) is 4.09. The summed E-state index contributed by atoms with van der Waals surface area (Å²) >= 11 is 0. The largest absolute Gasteiger partial charge is 0.511 e. The first-order chi connectivity index (χ1) is 11.0. The maximum atomic E-state index is 12.1. The molecule has 0 bridgehead atoms. The number of esters is 1. The average Bonchev–Trinajstić information content (AvgIpc) is 2.51. The highest BCUT2D eigenvalue weighted by Gasteiger charge is 2.12. The SMILES string of the molecule is CCOc1ccc(OC(=O)c2ccc(OC(=O)O)c(C)c2)cc1. The van der Waals surface area contributed by atoms with Gasteiger partial charge in [-0.2, -0.15) is 0 Å². The molecule has 0 unspecified atom stereocenters. The minimum atomic E-state index is -1.40. The highest BCUT2D eigenvalue weighted by molar-refractivity contribution is 5.91. The lowest BCUT2D eigenvalue weighted by molar-refractivity contribution is 0.0734. The summed E-state index contributed by atoms with van der Waals surface area (Å²) in [5.74, 6) is 0.717. The first kappa shape index (κ1) is 16.4. The Labute approximate surface area is 133 Å². The molecule has 0 aliphatic carbocycles. The summed E-state index contributed by atoms with van der Waals surface area (Å²) in [6.07, 6.45) is -1.40. The van der Waals surface area contributed by atoms with Crippen molar-refractivity contribution in [1.82, 2.24) is 0 Å². The van der Waals surface area contributed by atoms with Gasteiger partial charge in [0.25, 0.3) is 0 Å². The number of hydrogen-bond donors (Lipinski definition) is 1. The molecule has 0 heterocycles. The van der Waals surface area contributed by atoms with E-state index in [0.29, 0.717) is 29.2 Å². The van der Waals surface area contributed by atoms with Gasteiger partial charge in [0, 0.05) is 0 Å². The van der Waals surface area contributed by atoms with Crippen molar-refractivity contribution in [2.24, 2.45) is 0 Å². The van der Waals surface area contributed by atoms with Crippen molar-refractivity contribution in [2.45, 2.75) is 13.8 Å². The maximum Gasteiger partial charge on any atom is 0.511 e. The van der Waals surface area contributed by atoms with Gasteiger partial charge in [0.05, 0.1) is 12.2 Å². The quantitative estimate of drug-likeness (QED) is 0.515. The molecule has 0 radical (unpaired) electrons. The van der Waals surface area contributed by atoms with Gasteiger partial charge >= 0.3 is 12.1 Å². The first-order valence-corrected chi connectivity index (χ1v) is 6.96. The molecule has 23 heavy (non-hydrogen) atoms. The standard InChI is InChI=1S/C17H16O6/c1-3-21-13-5-7-14(8-6-13)22-16(18)12-4-9-15(11(2)10-12)23-17(19)20/h4-10H,3H2,1-2H3,(H,19,20). The van der Waals surface area contributed by atoms with Crippen molar-refractivity contribution in [1.29, 1.82) is 0 Å². The third-order valence-corrected chi connectivity index (χ3v) is 2.95. The normalized spacial score (nSPS) is 10.0. The van der Waals surface area contributed by atoms with Gasteiger partial charge < -0.3 is 19.3 Å². The van der Waals surface area contributed by atoms with E-state index in [1.807, 2.05) is 6.92 Å². The van der Waals surface area contributed by atoms with Crippen LogP contribution in [0.1, 0.15) is 22.8 Å². The molecule has 0 spiro atoms. The summed E-state index contributed by atoms with van der Waals surface area (Å²) in [5.41, 5.74) is 0.822. The number of ether oxygens (including phenoxy) is 3. The Morgan fingerprint density at radius 2 is 1.65 bits per heavy atom. The van der Waals surface area contributed by atoms with Crippen LogP contribution in [0, 0.1) is 6.92 Å². The molecule has 6 heteroatoms. The molecule has 0 saturated carbocycles. The fraction of sp³-hybridized carbons (Fsp3) is 0.176. The van der Waals surface area contributed by atoms with Crippen molar-refractivity contribution >= 4 is 12.1 Å². The van der Waals surface area contributed by atoms with Crippen LogP contribution < -0.4 is 14.2 Å². The van der Waals surface area contributed by atoms with Gasteiger partial charge in [-0.25, -0.2) is 9.59 Å². The van der Waals surface area contributed by atoms with E-state index in [9.17, 15) is 9.59 Å². The molecule has 0 aliphatic rings. The second-order valence-electron chi connectivity index (χ2n) is 4.64. The fourth-order valence-electron chi connectivity index (χ4n) is 1.92. The second-order valence-corrected chi connectivity index (χ2v) is 4.64. The molecule has 2 aromatic rings. The zero-order valence-electron chi connectivity index (χ0n) is 12.7. The van der Waals surface area contributed by atoms with E-state index in [1.54, 1.807) is 31.2 Å². The number of carbonyl (C=O) groups is 2. The molecule has 2 rings (SSSR count). The van der Waals surface area contributed by atoms with Crippen molar-refractivity contribution < 1.29 is 28.9 Å².